The summed E-state index contributed by atoms with van der Waals surface area (Å²) in [7, 11) is 0. The Bertz CT molecular complexity index is 1370. The van der Waals surface area contributed by atoms with Gasteiger partial charge in [0, 0.05) is 0 Å². The normalized spacial score (nSPS) is 14.8. The number of ether oxygens (including phenoxy) is 2. The van der Waals surface area contributed by atoms with E-state index in [1.807, 2.05) is 91.9 Å². The van der Waals surface area contributed by atoms with Crippen molar-refractivity contribution in [3.8, 4) is 23.4 Å². The molecule has 5 rings (SSSR count). The van der Waals surface area contributed by atoms with Crippen LogP contribution in [-0.2, 0) is 6.61 Å². The average molecular weight is 434 g/mol. The Balaban J connectivity index is 1.56. The van der Waals surface area contributed by atoms with Gasteiger partial charge in [-0.25, -0.2) is 4.68 Å². The SMILES string of the molecule is Cc1nn(-c2ccccc2)c2c1[C@@H](c1cccc(OCc3ccccc3)c1)C(C#N)=C(N)O2. The first-order valence-electron chi connectivity index (χ1n) is 10.6. The van der Waals surface area contributed by atoms with E-state index in [0.29, 0.717) is 23.8 Å². The van der Waals surface area contributed by atoms with E-state index in [9.17, 15) is 5.26 Å². The maximum Gasteiger partial charge on any atom is 0.229 e. The molecule has 4 aromatic rings. The lowest BCUT2D eigenvalue weighted by Gasteiger charge is -2.25. The van der Waals surface area contributed by atoms with Crippen LogP contribution >= 0.6 is 0 Å². The van der Waals surface area contributed by atoms with Gasteiger partial charge < -0.3 is 15.2 Å². The summed E-state index contributed by atoms with van der Waals surface area (Å²) >= 11 is 0. The van der Waals surface area contributed by atoms with Crippen molar-refractivity contribution in [2.24, 2.45) is 5.73 Å². The van der Waals surface area contributed by atoms with E-state index in [1.54, 1.807) is 4.68 Å². The van der Waals surface area contributed by atoms with Crippen LogP contribution < -0.4 is 15.2 Å². The van der Waals surface area contributed by atoms with E-state index in [2.05, 4.69) is 6.07 Å². The summed E-state index contributed by atoms with van der Waals surface area (Å²) in [4.78, 5) is 0. The molecule has 0 radical (unpaired) electrons. The number of hydrogen-bond acceptors (Lipinski definition) is 5. The van der Waals surface area contributed by atoms with Crippen LogP contribution in [0.2, 0.25) is 0 Å². The zero-order valence-corrected chi connectivity index (χ0v) is 18.1. The predicted octanol–water partition coefficient (Wildman–Crippen LogP) is 4.98. The lowest BCUT2D eigenvalue weighted by molar-refractivity contribution is 0.305. The fourth-order valence-corrected chi connectivity index (χ4v) is 4.12. The number of rotatable bonds is 5. The highest BCUT2D eigenvalue weighted by atomic mass is 16.5. The van der Waals surface area contributed by atoms with Gasteiger partial charge in [-0.2, -0.15) is 10.4 Å². The Morgan fingerprint density at radius 1 is 1.03 bits per heavy atom. The second-order valence-corrected chi connectivity index (χ2v) is 7.82. The molecule has 1 aliphatic rings. The maximum absolute atomic E-state index is 9.93. The van der Waals surface area contributed by atoms with Crippen molar-refractivity contribution in [1.29, 1.82) is 5.26 Å². The molecule has 2 N–H and O–H groups in total. The first kappa shape index (κ1) is 20.4. The van der Waals surface area contributed by atoms with E-state index < -0.39 is 5.92 Å². The molecule has 6 nitrogen and oxygen atoms in total. The first-order valence-corrected chi connectivity index (χ1v) is 10.6. The van der Waals surface area contributed by atoms with Gasteiger partial charge in [-0.1, -0.05) is 60.7 Å². The van der Waals surface area contributed by atoms with Crippen LogP contribution in [0.1, 0.15) is 28.3 Å². The van der Waals surface area contributed by atoms with Gasteiger partial charge in [0.05, 0.1) is 22.9 Å². The zero-order chi connectivity index (χ0) is 22.8. The fraction of sp³-hybridized carbons (Fsp3) is 0.111. The molecule has 33 heavy (non-hydrogen) atoms. The minimum Gasteiger partial charge on any atom is -0.489 e. The van der Waals surface area contributed by atoms with Crippen molar-refractivity contribution in [2.45, 2.75) is 19.4 Å². The third kappa shape index (κ3) is 3.81. The second-order valence-electron chi connectivity index (χ2n) is 7.82. The van der Waals surface area contributed by atoms with E-state index in [1.165, 1.54) is 0 Å². The fourth-order valence-electron chi connectivity index (χ4n) is 4.12. The highest BCUT2D eigenvalue weighted by Gasteiger charge is 2.36. The van der Waals surface area contributed by atoms with Gasteiger partial charge in [-0.05, 0) is 42.3 Å². The van der Waals surface area contributed by atoms with Crippen LogP contribution in [0, 0.1) is 18.3 Å². The number of fused-ring (bicyclic) bond motifs is 1. The van der Waals surface area contributed by atoms with Gasteiger partial charge in [0.2, 0.25) is 11.8 Å². The zero-order valence-electron chi connectivity index (χ0n) is 18.1. The van der Waals surface area contributed by atoms with Gasteiger partial charge in [0.25, 0.3) is 0 Å². The minimum absolute atomic E-state index is 0.0858. The molecule has 0 amide bonds. The summed E-state index contributed by atoms with van der Waals surface area (Å²) < 4.78 is 13.7. The van der Waals surface area contributed by atoms with Crippen molar-refractivity contribution in [3.63, 3.8) is 0 Å². The van der Waals surface area contributed by atoms with Crippen LogP contribution in [0.15, 0.2) is 96.4 Å². The molecule has 6 heteroatoms. The highest BCUT2D eigenvalue weighted by Crippen LogP contribution is 2.45. The number of benzene rings is 3. The largest absolute Gasteiger partial charge is 0.489 e. The van der Waals surface area contributed by atoms with Crippen LogP contribution in [0.3, 0.4) is 0 Å². The van der Waals surface area contributed by atoms with Crippen molar-refractivity contribution in [2.75, 3.05) is 0 Å². The topological polar surface area (TPSA) is 86.1 Å². The number of nitrogens with zero attached hydrogens (tertiary/aromatic N) is 3. The molecule has 1 atom stereocenters. The number of aryl methyl sites for hydroxylation is 1. The number of nitriles is 1. The molecule has 0 unspecified atom stereocenters. The van der Waals surface area contributed by atoms with Crippen molar-refractivity contribution < 1.29 is 9.47 Å². The Morgan fingerprint density at radius 3 is 2.48 bits per heavy atom. The van der Waals surface area contributed by atoms with Crippen LogP contribution in [0.4, 0.5) is 0 Å². The smallest absolute Gasteiger partial charge is 0.229 e. The highest BCUT2D eigenvalue weighted by molar-refractivity contribution is 5.57. The van der Waals surface area contributed by atoms with E-state index in [4.69, 9.17) is 20.3 Å². The molecular formula is C27H22N4O2. The standard InChI is InChI=1S/C27H22N4O2/c1-18-24-25(20-11-8-14-22(15-20)32-17-19-9-4-2-5-10-19)23(16-28)26(29)33-27(24)31(30-18)21-12-6-3-7-13-21/h2-15,25H,17,29H2,1H3/t25-/m0/s1. The summed E-state index contributed by atoms with van der Waals surface area (Å²) in [5.74, 6) is 0.920. The molecular weight excluding hydrogens is 412 g/mol. The summed E-state index contributed by atoms with van der Waals surface area (Å²) in [6.07, 6.45) is 0. The van der Waals surface area contributed by atoms with Crippen LogP contribution in [0.25, 0.3) is 5.69 Å². The lowest BCUT2D eigenvalue weighted by atomic mass is 9.84. The number of hydrogen-bond donors (Lipinski definition) is 1. The monoisotopic (exact) mass is 434 g/mol. The quantitative estimate of drug-likeness (QED) is 0.479. The predicted molar refractivity (Wildman–Crippen MR) is 125 cm³/mol. The molecule has 3 aromatic carbocycles. The van der Waals surface area contributed by atoms with Crippen LogP contribution in [-0.4, -0.2) is 9.78 Å². The van der Waals surface area contributed by atoms with E-state index >= 15 is 0 Å². The Kier molecular flexibility index (Phi) is 5.29. The molecule has 0 saturated carbocycles. The molecule has 0 bridgehead atoms. The van der Waals surface area contributed by atoms with Crippen molar-refractivity contribution in [1.82, 2.24) is 9.78 Å². The molecule has 0 spiro atoms. The Morgan fingerprint density at radius 2 is 1.76 bits per heavy atom. The molecule has 1 aromatic heterocycles. The first-order chi connectivity index (χ1) is 16.2. The van der Waals surface area contributed by atoms with E-state index in [0.717, 1.165) is 28.1 Å². The Labute approximate surface area is 192 Å². The molecule has 0 saturated heterocycles. The van der Waals surface area contributed by atoms with Gasteiger partial charge in [-0.3, -0.25) is 0 Å². The average Bonchev–Trinajstić information content (AvgIpc) is 3.19. The summed E-state index contributed by atoms with van der Waals surface area (Å²) in [5, 5.41) is 14.6. The molecule has 0 aliphatic carbocycles. The van der Waals surface area contributed by atoms with Gasteiger partial charge in [0.1, 0.15) is 24.0 Å². The van der Waals surface area contributed by atoms with Gasteiger partial charge in [0.15, 0.2) is 0 Å². The maximum atomic E-state index is 9.93. The van der Waals surface area contributed by atoms with Gasteiger partial charge in [-0.15, -0.1) is 0 Å². The third-order valence-electron chi connectivity index (χ3n) is 5.67. The minimum atomic E-state index is -0.406. The van der Waals surface area contributed by atoms with Crippen molar-refractivity contribution >= 4 is 0 Å². The number of nitrogens with two attached hydrogens (primary N) is 1. The van der Waals surface area contributed by atoms with Crippen LogP contribution in [0.5, 0.6) is 11.6 Å². The molecule has 2 heterocycles. The molecule has 0 fully saturated rings. The lowest BCUT2D eigenvalue weighted by Crippen LogP contribution is -2.22. The van der Waals surface area contributed by atoms with E-state index in [-0.39, 0.29) is 5.88 Å². The number of para-hydroxylation sites is 1. The second kappa shape index (κ2) is 8.56. The molecule has 162 valence electrons. The summed E-state index contributed by atoms with van der Waals surface area (Å²) in [5.41, 5.74) is 11.0. The van der Waals surface area contributed by atoms with Gasteiger partial charge >= 0.3 is 0 Å². The number of aromatic nitrogens is 2. The molecule has 1 aliphatic heterocycles. The Hall–Kier alpha value is -4.50. The summed E-state index contributed by atoms with van der Waals surface area (Å²) in [6.45, 7) is 2.37. The van der Waals surface area contributed by atoms with Crippen molar-refractivity contribution in [3.05, 3.63) is 119 Å². The third-order valence-corrected chi connectivity index (χ3v) is 5.67. The summed E-state index contributed by atoms with van der Waals surface area (Å²) in [6, 6.07) is 29.7. The number of allylic oxidation sites excluding steroid dienone is 1.